The molecule has 2 aromatic heterocycles. The van der Waals surface area contributed by atoms with Crippen LogP contribution in [0.15, 0.2) is 58.3 Å². The van der Waals surface area contributed by atoms with Gasteiger partial charge in [-0.2, -0.15) is 13.2 Å². The molecule has 0 aliphatic rings. The first-order chi connectivity index (χ1) is 15.3. The number of hydrogen-bond acceptors (Lipinski definition) is 6. The van der Waals surface area contributed by atoms with E-state index in [1.165, 1.54) is 12.3 Å². The van der Waals surface area contributed by atoms with Crippen LogP contribution in [0.3, 0.4) is 0 Å². The van der Waals surface area contributed by atoms with E-state index in [1.807, 2.05) is 24.3 Å². The average molecular weight is 465 g/mol. The molecule has 10 heteroatoms. The van der Waals surface area contributed by atoms with Gasteiger partial charge in [0.05, 0.1) is 13.4 Å². The van der Waals surface area contributed by atoms with Crippen LogP contribution < -0.4 is 10.1 Å². The summed E-state index contributed by atoms with van der Waals surface area (Å²) in [5.74, 6) is 1.30. The molecule has 1 amide bonds. The van der Waals surface area contributed by atoms with Crippen molar-refractivity contribution in [3.05, 3.63) is 60.0 Å². The van der Waals surface area contributed by atoms with E-state index in [4.69, 9.17) is 9.15 Å². The Balaban J connectivity index is 1.45. The number of aromatic nitrogens is 2. The number of amides is 1. The van der Waals surface area contributed by atoms with Crippen LogP contribution in [-0.2, 0) is 17.4 Å². The molecule has 0 unspecified atom stereocenters. The molecule has 1 aromatic carbocycles. The summed E-state index contributed by atoms with van der Waals surface area (Å²) >= 11 is 1.07. The lowest BCUT2D eigenvalue weighted by molar-refractivity contribution is -0.141. The molecule has 1 N–H and O–H groups in total. The molecule has 3 rings (SSSR count). The lowest BCUT2D eigenvalue weighted by Gasteiger charge is -2.09. The number of benzene rings is 1. The highest BCUT2D eigenvalue weighted by molar-refractivity contribution is 7.99. The number of halogens is 3. The van der Waals surface area contributed by atoms with Gasteiger partial charge in [-0.1, -0.05) is 23.9 Å². The van der Waals surface area contributed by atoms with Gasteiger partial charge >= 0.3 is 6.18 Å². The summed E-state index contributed by atoms with van der Waals surface area (Å²) in [7, 11) is 1.60. The molecule has 0 bridgehead atoms. The Bertz CT molecular complexity index is 1010. The van der Waals surface area contributed by atoms with Gasteiger partial charge in [-0.15, -0.1) is 0 Å². The minimum absolute atomic E-state index is 0.00820. The standard InChI is InChI=1S/C22H22F3N3O3S/c1-30-16-8-6-15(7-9-16)10-11-26-20(29)5-3-13-32-21-27-17(18-4-2-12-31-18)14-19(28-21)22(23,24)25/h2,4,6-9,12,14H,3,5,10-11,13H2,1H3,(H,26,29). The zero-order chi connectivity index (χ0) is 23.0. The minimum Gasteiger partial charge on any atom is -0.497 e. The van der Waals surface area contributed by atoms with Crippen molar-refractivity contribution < 1.29 is 27.1 Å². The predicted octanol–water partition coefficient (Wildman–Crippen LogP) is 5.00. The molecule has 2 heterocycles. The van der Waals surface area contributed by atoms with Crippen LogP contribution in [0.1, 0.15) is 24.1 Å². The van der Waals surface area contributed by atoms with Crippen molar-refractivity contribution in [1.82, 2.24) is 15.3 Å². The Morgan fingerprint density at radius 1 is 1.19 bits per heavy atom. The van der Waals surface area contributed by atoms with Gasteiger partial charge in [0.25, 0.3) is 0 Å². The second-order valence-electron chi connectivity index (χ2n) is 6.80. The van der Waals surface area contributed by atoms with E-state index in [0.29, 0.717) is 25.1 Å². The molecular weight excluding hydrogens is 443 g/mol. The van der Waals surface area contributed by atoms with Gasteiger partial charge in [0.2, 0.25) is 5.91 Å². The van der Waals surface area contributed by atoms with Crippen LogP contribution in [0.2, 0.25) is 0 Å². The smallest absolute Gasteiger partial charge is 0.433 e. The maximum absolute atomic E-state index is 13.2. The van der Waals surface area contributed by atoms with E-state index >= 15 is 0 Å². The summed E-state index contributed by atoms with van der Waals surface area (Å²) < 4.78 is 49.8. The highest BCUT2D eigenvalue weighted by Crippen LogP contribution is 2.32. The van der Waals surface area contributed by atoms with Gasteiger partial charge in [0.15, 0.2) is 10.9 Å². The van der Waals surface area contributed by atoms with Crippen molar-refractivity contribution in [1.29, 1.82) is 0 Å². The van der Waals surface area contributed by atoms with Gasteiger partial charge in [0, 0.05) is 18.7 Å². The first-order valence-electron chi connectivity index (χ1n) is 9.88. The molecular formula is C22H22F3N3O3S. The molecule has 0 fully saturated rings. The summed E-state index contributed by atoms with van der Waals surface area (Å²) in [4.78, 5) is 19.8. The third-order valence-corrected chi connectivity index (χ3v) is 5.38. The monoisotopic (exact) mass is 465 g/mol. The van der Waals surface area contributed by atoms with Crippen molar-refractivity contribution >= 4 is 17.7 Å². The number of carbonyl (C=O) groups is 1. The minimum atomic E-state index is -4.59. The molecule has 3 aromatic rings. The Morgan fingerprint density at radius 2 is 1.97 bits per heavy atom. The van der Waals surface area contributed by atoms with E-state index in [-0.39, 0.29) is 28.9 Å². The summed E-state index contributed by atoms with van der Waals surface area (Å²) in [5, 5.41) is 2.84. The highest BCUT2D eigenvalue weighted by atomic mass is 32.2. The van der Waals surface area contributed by atoms with Crippen molar-refractivity contribution in [3.63, 3.8) is 0 Å². The molecule has 0 spiro atoms. The number of carbonyl (C=O) groups excluding carboxylic acids is 1. The van der Waals surface area contributed by atoms with Crippen LogP contribution in [0.25, 0.3) is 11.5 Å². The summed E-state index contributed by atoms with van der Waals surface area (Å²) in [6, 6.07) is 11.6. The van der Waals surface area contributed by atoms with Crippen molar-refractivity contribution in [2.24, 2.45) is 0 Å². The Hall–Kier alpha value is -3.01. The van der Waals surface area contributed by atoms with Crippen LogP contribution >= 0.6 is 11.8 Å². The quantitative estimate of drug-likeness (QED) is 0.258. The number of furan rings is 1. The summed E-state index contributed by atoms with van der Waals surface area (Å²) in [5.41, 5.74) is 0.115. The van der Waals surface area contributed by atoms with Crippen molar-refractivity contribution in [2.45, 2.75) is 30.6 Å². The number of hydrogen-bond donors (Lipinski definition) is 1. The van der Waals surface area contributed by atoms with Gasteiger partial charge in [-0.25, -0.2) is 9.97 Å². The number of alkyl halides is 3. The second-order valence-corrected chi connectivity index (χ2v) is 7.86. The Kier molecular flexibility index (Phi) is 8.15. The maximum atomic E-state index is 13.2. The largest absolute Gasteiger partial charge is 0.497 e. The van der Waals surface area contributed by atoms with E-state index < -0.39 is 11.9 Å². The molecule has 0 atom stereocenters. The molecule has 0 aliphatic carbocycles. The van der Waals surface area contributed by atoms with Crippen molar-refractivity contribution in [3.8, 4) is 17.2 Å². The Morgan fingerprint density at radius 3 is 2.62 bits per heavy atom. The van der Waals surface area contributed by atoms with E-state index in [2.05, 4.69) is 15.3 Å². The Labute approximate surface area is 187 Å². The highest BCUT2D eigenvalue weighted by Gasteiger charge is 2.34. The number of methoxy groups -OCH3 is 1. The topological polar surface area (TPSA) is 77.2 Å². The fourth-order valence-electron chi connectivity index (χ4n) is 2.81. The molecule has 170 valence electrons. The molecule has 0 saturated heterocycles. The number of nitrogens with one attached hydrogen (secondary N) is 1. The van der Waals surface area contributed by atoms with Crippen LogP contribution in [0.4, 0.5) is 13.2 Å². The molecule has 6 nitrogen and oxygen atoms in total. The van der Waals surface area contributed by atoms with E-state index in [9.17, 15) is 18.0 Å². The second kappa shape index (κ2) is 11.0. The van der Waals surface area contributed by atoms with Crippen LogP contribution in [0, 0.1) is 0 Å². The number of thioether (sulfide) groups is 1. The molecule has 0 aliphatic heterocycles. The fourth-order valence-corrected chi connectivity index (χ4v) is 3.61. The number of ether oxygens (including phenoxy) is 1. The van der Waals surface area contributed by atoms with Crippen LogP contribution in [-0.4, -0.2) is 35.3 Å². The van der Waals surface area contributed by atoms with Gasteiger partial charge < -0.3 is 14.5 Å². The SMILES string of the molecule is COc1ccc(CCNC(=O)CCCSc2nc(-c3ccco3)cc(C(F)(F)F)n2)cc1. The average Bonchev–Trinajstić information content (AvgIpc) is 3.31. The zero-order valence-electron chi connectivity index (χ0n) is 17.3. The van der Waals surface area contributed by atoms with Gasteiger partial charge in [-0.05, 0) is 48.7 Å². The number of nitrogens with zero attached hydrogens (tertiary/aromatic N) is 2. The molecule has 0 saturated carbocycles. The molecule has 32 heavy (non-hydrogen) atoms. The normalized spacial score (nSPS) is 11.4. The van der Waals surface area contributed by atoms with Crippen LogP contribution in [0.5, 0.6) is 5.75 Å². The number of rotatable bonds is 10. The van der Waals surface area contributed by atoms with E-state index in [0.717, 1.165) is 29.1 Å². The maximum Gasteiger partial charge on any atom is 0.433 e. The lowest BCUT2D eigenvalue weighted by atomic mass is 10.1. The molecule has 0 radical (unpaired) electrons. The summed E-state index contributed by atoms with van der Waals surface area (Å²) in [6.45, 7) is 0.502. The first-order valence-corrected chi connectivity index (χ1v) is 10.9. The summed E-state index contributed by atoms with van der Waals surface area (Å²) in [6.07, 6.45) is -1.79. The van der Waals surface area contributed by atoms with Gasteiger partial charge in [-0.3, -0.25) is 4.79 Å². The van der Waals surface area contributed by atoms with Crippen molar-refractivity contribution in [2.75, 3.05) is 19.4 Å². The zero-order valence-corrected chi connectivity index (χ0v) is 18.1. The first kappa shape index (κ1) is 23.6. The lowest BCUT2D eigenvalue weighted by Crippen LogP contribution is -2.25. The third-order valence-electron chi connectivity index (χ3n) is 4.44. The predicted molar refractivity (Wildman–Crippen MR) is 114 cm³/mol. The third kappa shape index (κ3) is 7.01. The van der Waals surface area contributed by atoms with E-state index in [1.54, 1.807) is 13.2 Å². The van der Waals surface area contributed by atoms with Gasteiger partial charge in [0.1, 0.15) is 17.1 Å². The fraction of sp³-hybridized carbons (Fsp3) is 0.318.